The molecule has 0 spiro atoms. The van der Waals surface area contributed by atoms with Gasteiger partial charge in [0.25, 0.3) is 0 Å². The third-order valence-corrected chi connectivity index (χ3v) is 3.96. The summed E-state index contributed by atoms with van der Waals surface area (Å²) in [5.74, 6) is 1.83. The Morgan fingerprint density at radius 3 is 2.23 bits per heavy atom. The van der Waals surface area contributed by atoms with Gasteiger partial charge in [0.05, 0.1) is 0 Å². The van der Waals surface area contributed by atoms with Crippen molar-refractivity contribution in [2.24, 2.45) is 11.8 Å². The van der Waals surface area contributed by atoms with Gasteiger partial charge in [0.1, 0.15) is 0 Å². The van der Waals surface area contributed by atoms with Gasteiger partial charge < -0.3 is 0 Å². The van der Waals surface area contributed by atoms with Crippen LogP contribution in [0.4, 0.5) is 0 Å². The van der Waals surface area contributed by atoms with Crippen molar-refractivity contribution in [2.45, 2.75) is 64.2 Å². The molecule has 0 nitrogen and oxygen atoms in total. The van der Waals surface area contributed by atoms with Gasteiger partial charge in [-0.05, 0) is 31.1 Å². The second kappa shape index (κ2) is 5.90. The molecular formula is C12H23Cl. The van der Waals surface area contributed by atoms with Crippen LogP contribution < -0.4 is 0 Å². The van der Waals surface area contributed by atoms with E-state index in [1.54, 1.807) is 0 Å². The smallest absolute Gasteiger partial charge is 0.0364 e. The first-order chi connectivity index (χ1) is 6.27. The molecule has 0 amide bonds. The number of hydrogen-bond acceptors (Lipinski definition) is 0. The molecule has 1 aliphatic rings. The first-order valence-electron chi connectivity index (χ1n) is 5.92. The van der Waals surface area contributed by atoms with Gasteiger partial charge in [-0.3, -0.25) is 0 Å². The van der Waals surface area contributed by atoms with Crippen molar-refractivity contribution >= 4 is 11.6 Å². The standard InChI is InChI=1S/C12H23Cl/c1-3-10(4-2)6-5-7-12(13)11-8-9-11/h10-12H,3-9H2,1-2H3. The lowest BCUT2D eigenvalue weighted by Gasteiger charge is -2.13. The summed E-state index contributed by atoms with van der Waals surface area (Å²) in [6, 6.07) is 0. The molecule has 0 aliphatic heterocycles. The molecule has 0 radical (unpaired) electrons. The van der Waals surface area contributed by atoms with Gasteiger partial charge in [-0.2, -0.15) is 0 Å². The first-order valence-corrected chi connectivity index (χ1v) is 6.35. The average molecular weight is 203 g/mol. The van der Waals surface area contributed by atoms with Crippen LogP contribution in [0.1, 0.15) is 58.8 Å². The van der Waals surface area contributed by atoms with Crippen LogP contribution in [0.2, 0.25) is 0 Å². The number of halogens is 1. The number of alkyl halides is 1. The molecule has 0 N–H and O–H groups in total. The van der Waals surface area contributed by atoms with E-state index in [1.807, 2.05) is 0 Å². The Bertz CT molecular complexity index is 123. The summed E-state index contributed by atoms with van der Waals surface area (Å²) in [6.07, 6.45) is 9.45. The van der Waals surface area contributed by atoms with Crippen molar-refractivity contribution in [1.82, 2.24) is 0 Å². The van der Waals surface area contributed by atoms with Crippen LogP contribution in [-0.2, 0) is 0 Å². The highest BCUT2D eigenvalue weighted by atomic mass is 35.5. The zero-order valence-corrected chi connectivity index (χ0v) is 9.82. The molecule has 1 saturated carbocycles. The highest BCUT2D eigenvalue weighted by Gasteiger charge is 2.28. The summed E-state index contributed by atoms with van der Waals surface area (Å²) in [5.41, 5.74) is 0. The Hall–Kier alpha value is 0.290. The van der Waals surface area contributed by atoms with Gasteiger partial charge in [-0.1, -0.05) is 39.5 Å². The zero-order valence-electron chi connectivity index (χ0n) is 9.06. The minimum Gasteiger partial charge on any atom is -0.123 e. The van der Waals surface area contributed by atoms with E-state index < -0.39 is 0 Å². The minimum atomic E-state index is 0.495. The second-order valence-electron chi connectivity index (χ2n) is 4.47. The molecule has 0 heterocycles. The number of rotatable bonds is 7. The topological polar surface area (TPSA) is 0 Å². The summed E-state index contributed by atoms with van der Waals surface area (Å²) in [7, 11) is 0. The maximum absolute atomic E-state index is 6.25. The Balaban J connectivity index is 1.98. The fraction of sp³-hybridized carbons (Fsp3) is 1.00. The van der Waals surface area contributed by atoms with E-state index in [9.17, 15) is 0 Å². The van der Waals surface area contributed by atoms with Crippen LogP contribution in [0.3, 0.4) is 0 Å². The summed E-state index contributed by atoms with van der Waals surface area (Å²) >= 11 is 6.25. The highest BCUT2D eigenvalue weighted by molar-refractivity contribution is 6.20. The Morgan fingerprint density at radius 1 is 1.15 bits per heavy atom. The Labute approximate surface area is 88.1 Å². The number of hydrogen-bond donors (Lipinski definition) is 0. The molecule has 13 heavy (non-hydrogen) atoms. The van der Waals surface area contributed by atoms with Crippen molar-refractivity contribution in [2.75, 3.05) is 0 Å². The SMILES string of the molecule is CCC(CC)CCCC(Cl)C1CC1. The van der Waals surface area contributed by atoms with E-state index in [-0.39, 0.29) is 0 Å². The molecule has 1 atom stereocenters. The molecule has 0 aromatic rings. The average Bonchev–Trinajstić information content (AvgIpc) is 2.95. The van der Waals surface area contributed by atoms with E-state index in [0.29, 0.717) is 5.38 Å². The zero-order chi connectivity index (χ0) is 9.68. The third kappa shape index (κ3) is 4.35. The third-order valence-electron chi connectivity index (χ3n) is 3.38. The van der Waals surface area contributed by atoms with Crippen molar-refractivity contribution in [3.63, 3.8) is 0 Å². The lowest BCUT2D eigenvalue weighted by Crippen LogP contribution is -2.03. The lowest BCUT2D eigenvalue weighted by atomic mass is 9.96. The first kappa shape index (κ1) is 11.4. The van der Waals surface area contributed by atoms with Gasteiger partial charge in [-0.25, -0.2) is 0 Å². The highest BCUT2D eigenvalue weighted by Crippen LogP contribution is 2.38. The summed E-state index contributed by atoms with van der Waals surface area (Å²) in [4.78, 5) is 0. The van der Waals surface area contributed by atoms with Crippen molar-refractivity contribution in [3.8, 4) is 0 Å². The van der Waals surface area contributed by atoms with Crippen LogP contribution in [0.15, 0.2) is 0 Å². The second-order valence-corrected chi connectivity index (χ2v) is 5.03. The predicted molar refractivity (Wildman–Crippen MR) is 60.3 cm³/mol. The summed E-state index contributed by atoms with van der Waals surface area (Å²) in [5, 5.41) is 0.495. The quantitative estimate of drug-likeness (QED) is 0.529. The monoisotopic (exact) mass is 202 g/mol. The molecule has 78 valence electrons. The molecule has 0 saturated heterocycles. The van der Waals surface area contributed by atoms with Gasteiger partial charge in [0.15, 0.2) is 0 Å². The molecule has 0 aromatic heterocycles. The molecule has 1 rings (SSSR count). The molecular weight excluding hydrogens is 180 g/mol. The van der Waals surface area contributed by atoms with Crippen LogP contribution in [0.5, 0.6) is 0 Å². The van der Waals surface area contributed by atoms with Gasteiger partial charge in [0.2, 0.25) is 0 Å². The van der Waals surface area contributed by atoms with Crippen molar-refractivity contribution < 1.29 is 0 Å². The van der Waals surface area contributed by atoms with Crippen LogP contribution in [0, 0.1) is 11.8 Å². The van der Waals surface area contributed by atoms with Crippen molar-refractivity contribution in [3.05, 3.63) is 0 Å². The summed E-state index contributed by atoms with van der Waals surface area (Å²) in [6.45, 7) is 4.60. The maximum atomic E-state index is 6.25. The molecule has 1 heteroatoms. The molecule has 1 unspecified atom stereocenters. The summed E-state index contributed by atoms with van der Waals surface area (Å²) < 4.78 is 0. The van der Waals surface area contributed by atoms with E-state index in [1.165, 1.54) is 44.9 Å². The minimum absolute atomic E-state index is 0.495. The largest absolute Gasteiger partial charge is 0.123 e. The van der Waals surface area contributed by atoms with Crippen LogP contribution in [0.25, 0.3) is 0 Å². The van der Waals surface area contributed by atoms with Crippen molar-refractivity contribution in [1.29, 1.82) is 0 Å². The Kier molecular flexibility index (Phi) is 5.16. The van der Waals surface area contributed by atoms with Gasteiger partial charge >= 0.3 is 0 Å². The molecule has 1 aliphatic carbocycles. The molecule has 1 fully saturated rings. The van der Waals surface area contributed by atoms with E-state index in [2.05, 4.69) is 13.8 Å². The molecule has 0 aromatic carbocycles. The fourth-order valence-corrected chi connectivity index (χ4v) is 2.40. The van der Waals surface area contributed by atoms with Crippen LogP contribution in [-0.4, -0.2) is 5.38 Å². The van der Waals surface area contributed by atoms with E-state index in [0.717, 1.165) is 11.8 Å². The van der Waals surface area contributed by atoms with Gasteiger partial charge in [0, 0.05) is 5.38 Å². The van der Waals surface area contributed by atoms with E-state index >= 15 is 0 Å². The normalized spacial score (nSPS) is 19.4. The van der Waals surface area contributed by atoms with Gasteiger partial charge in [-0.15, -0.1) is 11.6 Å². The maximum Gasteiger partial charge on any atom is 0.0364 e. The predicted octanol–water partition coefficient (Wildman–Crippen LogP) is 4.61. The Morgan fingerprint density at radius 2 is 1.77 bits per heavy atom. The van der Waals surface area contributed by atoms with Crippen LogP contribution >= 0.6 is 11.6 Å². The van der Waals surface area contributed by atoms with E-state index in [4.69, 9.17) is 11.6 Å². The fourth-order valence-electron chi connectivity index (χ4n) is 1.99. The lowest BCUT2D eigenvalue weighted by molar-refractivity contribution is 0.428. The molecule has 0 bridgehead atoms.